The van der Waals surface area contributed by atoms with Crippen molar-refractivity contribution in [3.8, 4) is 22.8 Å². The first-order valence-electron chi connectivity index (χ1n) is 10.8. The van der Waals surface area contributed by atoms with Gasteiger partial charge in [0.15, 0.2) is 0 Å². The molecule has 2 N–H and O–H groups in total. The number of hydrogen-bond donors (Lipinski definition) is 2. The summed E-state index contributed by atoms with van der Waals surface area (Å²) in [4.78, 5) is 21.2. The van der Waals surface area contributed by atoms with Gasteiger partial charge in [-0.25, -0.2) is 4.98 Å². The molecule has 7 nitrogen and oxygen atoms in total. The summed E-state index contributed by atoms with van der Waals surface area (Å²) in [7, 11) is 0. The summed E-state index contributed by atoms with van der Waals surface area (Å²) in [5.74, 6) is 3.04. The second-order valence-electron chi connectivity index (χ2n) is 7.99. The van der Waals surface area contributed by atoms with Gasteiger partial charge in [-0.1, -0.05) is 0 Å². The number of ether oxygens (including phenoxy) is 2. The second kappa shape index (κ2) is 8.44. The average Bonchev–Trinajstić information content (AvgIpc) is 3.50. The second-order valence-corrected chi connectivity index (χ2v) is 8.85. The van der Waals surface area contributed by atoms with E-state index in [0.29, 0.717) is 35.0 Å². The molecule has 166 valence electrons. The van der Waals surface area contributed by atoms with Crippen molar-refractivity contribution in [3.63, 3.8) is 0 Å². The molecule has 1 aromatic carbocycles. The van der Waals surface area contributed by atoms with Crippen molar-refractivity contribution in [2.75, 3.05) is 6.61 Å². The number of fused-ring (bicyclic) bond motifs is 2. The molecule has 32 heavy (non-hydrogen) atoms. The van der Waals surface area contributed by atoms with Crippen LogP contribution in [0.25, 0.3) is 21.5 Å². The molecule has 5 rings (SSSR count). The fraction of sp³-hybridized carbons (Fsp3) is 0.333. The van der Waals surface area contributed by atoms with Gasteiger partial charge in [0.05, 0.1) is 24.3 Å². The fourth-order valence-corrected chi connectivity index (χ4v) is 4.99. The van der Waals surface area contributed by atoms with Crippen LogP contribution in [0.4, 0.5) is 0 Å². The van der Waals surface area contributed by atoms with Crippen molar-refractivity contribution in [2.24, 2.45) is 0 Å². The van der Waals surface area contributed by atoms with E-state index in [-0.39, 0.29) is 17.7 Å². The minimum Gasteiger partial charge on any atom is -0.494 e. The van der Waals surface area contributed by atoms with E-state index in [0.717, 1.165) is 29.0 Å². The SMILES string of the molecule is CCOc1cc2c(cc1CN[C@@H](C)c1nc3scc(-c4ccco4)c3c(=O)[nH]1)O[C@@H](C)C2. The van der Waals surface area contributed by atoms with E-state index in [1.165, 1.54) is 16.9 Å². The highest BCUT2D eigenvalue weighted by molar-refractivity contribution is 7.17. The lowest BCUT2D eigenvalue weighted by atomic mass is 10.1. The third-order valence-electron chi connectivity index (χ3n) is 5.64. The Hall–Kier alpha value is -3.10. The number of benzene rings is 1. The number of nitrogens with one attached hydrogen (secondary N) is 2. The Morgan fingerprint density at radius 2 is 2.28 bits per heavy atom. The Kier molecular flexibility index (Phi) is 5.48. The maximum atomic E-state index is 12.9. The van der Waals surface area contributed by atoms with Gasteiger partial charge >= 0.3 is 0 Å². The van der Waals surface area contributed by atoms with Crippen LogP contribution in [0.5, 0.6) is 11.5 Å². The van der Waals surface area contributed by atoms with E-state index >= 15 is 0 Å². The quantitative estimate of drug-likeness (QED) is 0.419. The van der Waals surface area contributed by atoms with Gasteiger partial charge in [0.25, 0.3) is 5.56 Å². The van der Waals surface area contributed by atoms with E-state index in [2.05, 4.69) is 29.4 Å². The van der Waals surface area contributed by atoms with Crippen LogP contribution in [-0.2, 0) is 13.0 Å². The molecular formula is C24H25N3O4S. The van der Waals surface area contributed by atoms with Crippen LogP contribution in [0.15, 0.2) is 45.1 Å². The molecule has 4 heterocycles. The molecule has 4 aromatic rings. The molecule has 0 unspecified atom stereocenters. The zero-order valence-corrected chi connectivity index (χ0v) is 19.0. The van der Waals surface area contributed by atoms with Gasteiger partial charge in [0.1, 0.15) is 34.0 Å². The summed E-state index contributed by atoms with van der Waals surface area (Å²) in [5, 5.41) is 5.93. The molecule has 0 fully saturated rings. The first kappa shape index (κ1) is 20.8. The molecule has 0 spiro atoms. The Morgan fingerprint density at radius 3 is 3.06 bits per heavy atom. The summed E-state index contributed by atoms with van der Waals surface area (Å²) in [6.45, 7) is 7.19. The standard InChI is InChI=1S/C24H25N3O4S/c1-4-29-19-9-15-8-13(2)31-20(15)10-16(19)11-25-14(3)22-26-23(28)21-17(12-32-24(21)27-22)18-6-5-7-30-18/h5-7,9-10,12-14,25H,4,8,11H2,1-3H3,(H,26,27,28)/t13-,14-/m0/s1. The van der Waals surface area contributed by atoms with Crippen LogP contribution in [0, 0.1) is 0 Å². The van der Waals surface area contributed by atoms with Crippen LogP contribution in [-0.4, -0.2) is 22.7 Å². The molecule has 0 radical (unpaired) electrons. The van der Waals surface area contributed by atoms with Crippen LogP contribution >= 0.6 is 11.3 Å². The normalized spacial score (nSPS) is 16.2. The smallest absolute Gasteiger partial charge is 0.260 e. The van der Waals surface area contributed by atoms with Gasteiger partial charge < -0.3 is 24.2 Å². The van der Waals surface area contributed by atoms with Gasteiger partial charge in [0.2, 0.25) is 0 Å². The van der Waals surface area contributed by atoms with E-state index in [4.69, 9.17) is 18.9 Å². The van der Waals surface area contributed by atoms with Gasteiger partial charge in [-0.2, -0.15) is 0 Å². The van der Waals surface area contributed by atoms with Crippen molar-refractivity contribution in [2.45, 2.75) is 45.9 Å². The predicted octanol–water partition coefficient (Wildman–Crippen LogP) is 4.82. The third-order valence-corrected chi connectivity index (χ3v) is 6.51. The van der Waals surface area contributed by atoms with E-state index in [1.807, 2.05) is 31.4 Å². The summed E-state index contributed by atoms with van der Waals surface area (Å²) >= 11 is 1.44. The molecule has 0 bridgehead atoms. The highest BCUT2D eigenvalue weighted by Gasteiger charge is 2.22. The van der Waals surface area contributed by atoms with Crippen LogP contribution in [0.3, 0.4) is 0 Å². The minimum absolute atomic E-state index is 0.163. The minimum atomic E-state index is -0.166. The Bertz CT molecular complexity index is 1310. The van der Waals surface area contributed by atoms with Crippen LogP contribution < -0.4 is 20.3 Å². The van der Waals surface area contributed by atoms with E-state index in [9.17, 15) is 4.79 Å². The number of aromatic amines is 1. The maximum Gasteiger partial charge on any atom is 0.260 e. The van der Waals surface area contributed by atoms with Crippen molar-refractivity contribution in [1.29, 1.82) is 0 Å². The highest BCUT2D eigenvalue weighted by Crippen LogP contribution is 2.35. The number of hydrogen-bond acceptors (Lipinski definition) is 7. The zero-order valence-electron chi connectivity index (χ0n) is 18.2. The highest BCUT2D eigenvalue weighted by atomic mass is 32.1. The first-order valence-corrected chi connectivity index (χ1v) is 11.7. The molecule has 0 amide bonds. The van der Waals surface area contributed by atoms with Crippen molar-refractivity contribution in [3.05, 3.63) is 63.2 Å². The molecule has 0 saturated carbocycles. The fourth-order valence-electron chi connectivity index (χ4n) is 4.05. The lowest BCUT2D eigenvalue weighted by molar-refractivity contribution is 0.254. The third kappa shape index (κ3) is 3.80. The monoisotopic (exact) mass is 451 g/mol. The molecule has 3 aromatic heterocycles. The topological polar surface area (TPSA) is 89.4 Å². The van der Waals surface area contributed by atoms with E-state index < -0.39 is 0 Å². The Morgan fingerprint density at radius 1 is 1.41 bits per heavy atom. The number of aromatic nitrogens is 2. The van der Waals surface area contributed by atoms with Gasteiger partial charge in [-0.15, -0.1) is 11.3 Å². The van der Waals surface area contributed by atoms with Crippen molar-refractivity contribution >= 4 is 21.6 Å². The average molecular weight is 452 g/mol. The predicted molar refractivity (Wildman–Crippen MR) is 125 cm³/mol. The largest absolute Gasteiger partial charge is 0.494 e. The maximum absolute atomic E-state index is 12.9. The van der Waals surface area contributed by atoms with Crippen LogP contribution in [0.2, 0.25) is 0 Å². The van der Waals surface area contributed by atoms with Crippen molar-refractivity contribution in [1.82, 2.24) is 15.3 Å². The number of rotatable bonds is 7. The Labute approximate surface area is 189 Å². The van der Waals surface area contributed by atoms with E-state index in [1.54, 1.807) is 6.26 Å². The van der Waals surface area contributed by atoms with Crippen LogP contribution in [0.1, 0.15) is 43.8 Å². The van der Waals surface area contributed by atoms with Gasteiger partial charge in [0, 0.05) is 35.0 Å². The molecule has 1 aliphatic rings. The summed E-state index contributed by atoms with van der Waals surface area (Å²) in [5.41, 5.74) is 2.80. The van der Waals surface area contributed by atoms with Gasteiger partial charge in [-0.05, 0) is 45.0 Å². The number of nitrogens with zero attached hydrogens (tertiary/aromatic N) is 1. The number of thiophene rings is 1. The lowest BCUT2D eigenvalue weighted by Gasteiger charge is -2.16. The molecular weight excluding hydrogens is 426 g/mol. The number of furan rings is 1. The summed E-state index contributed by atoms with van der Waals surface area (Å²) in [6, 6.07) is 7.62. The summed E-state index contributed by atoms with van der Waals surface area (Å²) in [6.07, 6.45) is 2.67. The lowest BCUT2D eigenvalue weighted by Crippen LogP contribution is -2.23. The van der Waals surface area contributed by atoms with Gasteiger partial charge in [-0.3, -0.25) is 4.79 Å². The Balaban J connectivity index is 1.38. The molecule has 0 aliphatic carbocycles. The first-order chi connectivity index (χ1) is 15.5. The van der Waals surface area contributed by atoms with Crippen molar-refractivity contribution < 1.29 is 13.9 Å². The zero-order chi connectivity index (χ0) is 22.2. The molecule has 8 heteroatoms. The summed E-state index contributed by atoms with van der Waals surface area (Å²) < 4.78 is 17.3. The molecule has 1 aliphatic heterocycles. The molecule has 2 atom stereocenters. The number of H-pyrrole nitrogens is 1. The molecule has 0 saturated heterocycles.